The van der Waals surface area contributed by atoms with E-state index in [0.717, 1.165) is 0 Å². The van der Waals surface area contributed by atoms with Crippen LogP contribution in [0.15, 0.2) is 23.8 Å². The lowest BCUT2D eigenvalue weighted by Crippen LogP contribution is -2.42. The summed E-state index contributed by atoms with van der Waals surface area (Å²) < 4.78 is 26.7. The van der Waals surface area contributed by atoms with Gasteiger partial charge in [0.05, 0.1) is 40.5 Å². The number of ether oxygens (including phenoxy) is 5. The third-order valence-electron chi connectivity index (χ3n) is 5.06. The Labute approximate surface area is 176 Å². The van der Waals surface area contributed by atoms with Crippen molar-refractivity contribution in [3.8, 4) is 17.2 Å². The molecular formula is C22H28O8. The van der Waals surface area contributed by atoms with Gasteiger partial charge in [0.2, 0.25) is 0 Å². The number of benzene rings is 1. The summed E-state index contributed by atoms with van der Waals surface area (Å²) in [5, 5.41) is 0. The van der Waals surface area contributed by atoms with Crippen molar-refractivity contribution in [2.24, 2.45) is 11.8 Å². The van der Waals surface area contributed by atoms with Gasteiger partial charge in [-0.25, -0.2) is 0 Å². The van der Waals surface area contributed by atoms with Crippen LogP contribution in [0.25, 0.3) is 0 Å². The van der Waals surface area contributed by atoms with Crippen LogP contribution < -0.4 is 14.2 Å². The van der Waals surface area contributed by atoms with Gasteiger partial charge in [-0.3, -0.25) is 14.4 Å². The Hall–Kier alpha value is -3.03. The number of carbonyl (C=O) groups excluding carboxylic acids is 3. The molecule has 1 aromatic rings. The summed E-state index contributed by atoms with van der Waals surface area (Å²) in [5.74, 6) is -3.53. The smallest absolute Gasteiger partial charge is 0.317 e. The average Bonchev–Trinajstić information content (AvgIpc) is 2.72. The predicted octanol–water partition coefficient (Wildman–Crippen LogP) is 2.68. The molecule has 0 spiro atoms. The molecule has 3 unspecified atom stereocenters. The van der Waals surface area contributed by atoms with Crippen LogP contribution in [0, 0.1) is 11.8 Å². The highest BCUT2D eigenvalue weighted by atomic mass is 16.5. The summed E-state index contributed by atoms with van der Waals surface area (Å²) in [6.45, 7) is 5.28. The number of hydrogen-bond acceptors (Lipinski definition) is 8. The minimum Gasteiger partial charge on any atom is -0.496 e. The number of allylic oxidation sites excluding steroid dienone is 1. The number of hydrogen-bond donors (Lipinski definition) is 0. The lowest BCUT2D eigenvalue weighted by Gasteiger charge is -2.35. The first-order valence-corrected chi connectivity index (χ1v) is 9.69. The monoisotopic (exact) mass is 420 g/mol. The molecule has 1 aliphatic rings. The quantitative estimate of drug-likeness (QED) is 0.468. The molecule has 8 heteroatoms. The van der Waals surface area contributed by atoms with E-state index in [1.165, 1.54) is 27.4 Å². The molecule has 164 valence electrons. The third-order valence-corrected chi connectivity index (χ3v) is 5.06. The van der Waals surface area contributed by atoms with Gasteiger partial charge in [0, 0.05) is 17.5 Å². The molecule has 0 saturated carbocycles. The van der Waals surface area contributed by atoms with Crippen LogP contribution in [0.1, 0.15) is 32.3 Å². The lowest BCUT2D eigenvalue weighted by molar-refractivity contribution is -0.155. The van der Waals surface area contributed by atoms with Crippen molar-refractivity contribution in [3.63, 3.8) is 0 Å². The molecule has 0 bridgehead atoms. The molecule has 0 fully saturated rings. The van der Waals surface area contributed by atoms with E-state index in [-0.39, 0.29) is 13.2 Å². The van der Waals surface area contributed by atoms with Crippen LogP contribution in [-0.4, -0.2) is 52.3 Å². The molecule has 30 heavy (non-hydrogen) atoms. The average molecular weight is 420 g/mol. The Bertz CT molecular complexity index is 842. The normalized spacial score (nSPS) is 20.8. The zero-order chi connectivity index (χ0) is 22.4. The van der Waals surface area contributed by atoms with Crippen LogP contribution >= 0.6 is 0 Å². The molecule has 0 saturated heterocycles. The van der Waals surface area contributed by atoms with E-state index in [9.17, 15) is 14.4 Å². The zero-order valence-corrected chi connectivity index (χ0v) is 18.1. The van der Waals surface area contributed by atoms with E-state index in [1.807, 2.05) is 0 Å². The summed E-state index contributed by atoms with van der Waals surface area (Å²) in [5.41, 5.74) is 0.952. The maximum atomic E-state index is 12.9. The van der Waals surface area contributed by atoms with E-state index in [1.54, 1.807) is 32.9 Å². The molecule has 0 heterocycles. The van der Waals surface area contributed by atoms with E-state index in [4.69, 9.17) is 23.7 Å². The fourth-order valence-corrected chi connectivity index (χ4v) is 3.79. The van der Waals surface area contributed by atoms with Crippen molar-refractivity contribution in [2.75, 3.05) is 34.5 Å². The zero-order valence-electron chi connectivity index (χ0n) is 18.1. The first-order chi connectivity index (χ1) is 14.3. The van der Waals surface area contributed by atoms with Crippen LogP contribution in [-0.2, 0) is 23.9 Å². The van der Waals surface area contributed by atoms with E-state index >= 15 is 0 Å². The number of methoxy groups -OCH3 is 3. The summed E-state index contributed by atoms with van der Waals surface area (Å²) in [6, 6.07) is 3.21. The van der Waals surface area contributed by atoms with Gasteiger partial charge >= 0.3 is 11.9 Å². The van der Waals surface area contributed by atoms with Gasteiger partial charge in [0.25, 0.3) is 0 Å². The second-order valence-corrected chi connectivity index (χ2v) is 6.73. The topological polar surface area (TPSA) is 97.4 Å². The largest absolute Gasteiger partial charge is 0.496 e. The van der Waals surface area contributed by atoms with Crippen LogP contribution in [0.2, 0.25) is 0 Å². The molecule has 0 radical (unpaired) electrons. The van der Waals surface area contributed by atoms with Gasteiger partial charge in [-0.2, -0.15) is 0 Å². The number of rotatable bonds is 8. The molecule has 0 amide bonds. The van der Waals surface area contributed by atoms with Gasteiger partial charge in [-0.1, -0.05) is 5.57 Å². The Morgan fingerprint density at radius 1 is 0.833 bits per heavy atom. The third kappa shape index (κ3) is 4.42. The van der Waals surface area contributed by atoms with E-state index in [2.05, 4.69) is 0 Å². The SMILES string of the molecule is CCOC(=O)C1C(=O)C=C(C)C(C(=O)OCC)C1c1cc(OC)c(OC)cc1OC. The fourth-order valence-electron chi connectivity index (χ4n) is 3.79. The van der Waals surface area contributed by atoms with Crippen molar-refractivity contribution in [1.82, 2.24) is 0 Å². The van der Waals surface area contributed by atoms with E-state index in [0.29, 0.717) is 28.4 Å². The molecule has 0 aromatic heterocycles. The summed E-state index contributed by atoms with van der Waals surface area (Å²) in [4.78, 5) is 38.5. The van der Waals surface area contributed by atoms with Crippen molar-refractivity contribution in [3.05, 3.63) is 29.3 Å². The molecule has 8 nitrogen and oxygen atoms in total. The second kappa shape index (κ2) is 10.1. The van der Waals surface area contributed by atoms with Gasteiger partial charge in [-0.15, -0.1) is 0 Å². The molecule has 2 rings (SSSR count). The minimum absolute atomic E-state index is 0.102. The van der Waals surface area contributed by atoms with E-state index < -0.39 is 35.5 Å². The highest BCUT2D eigenvalue weighted by Crippen LogP contribution is 2.48. The molecular weight excluding hydrogens is 392 g/mol. The summed E-state index contributed by atoms with van der Waals surface area (Å²) in [6.07, 6.45) is 1.31. The first kappa shape index (κ1) is 23.3. The fraction of sp³-hybridized carbons (Fsp3) is 0.500. The van der Waals surface area contributed by atoms with Crippen LogP contribution in [0.4, 0.5) is 0 Å². The Morgan fingerprint density at radius 3 is 1.83 bits per heavy atom. The highest BCUT2D eigenvalue weighted by molar-refractivity contribution is 6.08. The summed E-state index contributed by atoms with van der Waals surface area (Å²) >= 11 is 0. The van der Waals surface area contributed by atoms with Crippen LogP contribution in [0.3, 0.4) is 0 Å². The molecule has 1 aliphatic carbocycles. The second-order valence-electron chi connectivity index (χ2n) is 6.73. The van der Waals surface area contributed by atoms with Crippen molar-refractivity contribution < 1.29 is 38.1 Å². The van der Waals surface area contributed by atoms with Crippen molar-refractivity contribution in [1.29, 1.82) is 0 Å². The van der Waals surface area contributed by atoms with Gasteiger partial charge < -0.3 is 23.7 Å². The van der Waals surface area contributed by atoms with Crippen molar-refractivity contribution in [2.45, 2.75) is 26.7 Å². The maximum absolute atomic E-state index is 12.9. The maximum Gasteiger partial charge on any atom is 0.317 e. The van der Waals surface area contributed by atoms with Gasteiger partial charge in [0.15, 0.2) is 17.3 Å². The Kier molecular flexibility index (Phi) is 7.86. The number of ketones is 1. The number of esters is 2. The first-order valence-electron chi connectivity index (χ1n) is 9.69. The minimum atomic E-state index is -1.23. The Balaban J connectivity index is 2.78. The molecule has 1 aromatic carbocycles. The molecule has 3 atom stereocenters. The summed E-state index contributed by atoms with van der Waals surface area (Å²) in [7, 11) is 4.41. The lowest BCUT2D eigenvalue weighted by atomic mass is 9.68. The van der Waals surface area contributed by atoms with Gasteiger partial charge in [0.1, 0.15) is 11.7 Å². The molecule has 0 N–H and O–H groups in total. The predicted molar refractivity (Wildman–Crippen MR) is 108 cm³/mol. The van der Waals surface area contributed by atoms with Crippen LogP contribution in [0.5, 0.6) is 17.2 Å². The Morgan fingerprint density at radius 2 is 1.33 bits per heavy atom. The standard InChI is InChI=1S/C22H28O8/c1-7-29-21(24)18-12(3)9-14(23)20(22(25)30-8-2)19(18)13-10-16(27-5)17(28-6)11-15(13)26-4/h9-11,18-20H,7-8H2,1-6H3. The highest BCUT2D eigenvalue weighted by Gasteiger charge is 2.49. The molecule has 0 aliphatic heterocycles. The van der Waals surface area contributed by atoms with Crippen molar-refractivity contribution >= 4 is 17.7 Å². The number of carbonyl (C=O) groups is 3. The van der Waals surface area contributed by atoms with Gasteiger partial charge in [-0.05, 0) is 32.9 Å².